The van der Waals surface area contributed by atoms with Crippen molar-refractivity contribution in [2.75, 3.05) is 39.4 Å². The molecule has 0 radical (unpaired) electrons. The van der Waals surface area contributed by atoms with Crippen molar-refractivity contribution >= 4 is 17.2 Å². The fourth-order valence-corrected chi connectivity index (χ4v) is 4.70. The van der Waals surface area contributed by atoms with E-state index in [1.165, 1.54) is 0 Å². The molecule has 0 bridgehead atoms. The third-order valence-corrected chi connectivity index (χ3v) is 6.56. The smallest absolute Gasteiger partial charge is 0.222 e. The van der Waals surface area contributed by atoms with Gasteiger partial charge in [0.15, 0.2) is 11.5 Å². The molecule has 0 N–H and O–H groups in total. The fraction of sp³-hybridized carbons (Fsp3) is 0.385. The number of nitrogens with zero attached hydrogens (tertiary/aromatic N) is 3. The van der Waals surface area contributed by atoms with Crippen LogP contribution in [0.25, 0.3) is 10.6 Å². The van der Waals surface area contributed by atoms with E-state index in [9.17, 15) is 4.79 Å². The van der Waals surface area contributed by atoms with Gasteiger partial charge in [0, 0.05) is 50.1 Å². The number of benzene rings is 2. The van der Waals surface area contributed by atoms with Crippen LogP contribution in [0.3, 0.4) is 0 Å². The molecule has 0 saturated carbocycles. The summed E-state index contributed by atoms with van der Waals surface area (Å²) < 4.78 is 11.4. The number of carbonyl (C=O) groups excluding carboxylic acids is 1. The minimum absolute atomic E-state index is 0.205. The summed E-state index contributed by atoms with van der Waals surface area (Å²) in [7, 11) is 0. The summed E-state index contributed by atoms with van der Waals surface area (Å²) in [6, 6.07) is 17.9. The first-order valence-electron chi connectivity index (χ1n) is 11.6. The molecule has 1 aromatic heterocycles. The van der Waals surface area contributed by atoms with Crippen molar-refractivity contribution in [3.63, 3.8) is 0 Å². The Kier molecular flexibility index (Phi) is 8.33. The van der Waals surface area contributed by atoms with Crippen LogP contribution >= 0.6 is 11.3 Å². The number of hydrogen-bond acceptors (Lipinski definition) is 6. The molecular weight excluding hydrogens is 434 g/mol. The maximum absolute atomic E-state index is 12.6. The Morgan fingerprint density at radius 2 is 1.67 bits per heavy atom. The van der Waals surface area contributed by atoms with E-state index in [1.54, 1.807) is 11.3 Å². The van der Waals surface area contributed by atoms with Crippen LogP contribution in [0.5, 0.6) is 11.5 Å². The highest BCUT2D eigenvalue weighted by atomic mass is 32.1. The topological polar surface area (TPSA) is 54.9 Å². The van der Waals surface area contributed by atoms with E-state index in [0.717, 1.165) is 60.5 Å². The summed E-state index contributed by atoms with van der Waals surface area (Å²) in [4.78, 5) is 21.8. The van der Waals surface area contributed by atoms with Gasteiger partial charge in [-0.1, -0.05) is 42.5 Å². The standard InChI is InChI=1S/C26H31N3O3S/c1-2-31-23-11-6-7-12-24(23)32-18-8-13-25(30)29-16-14-28(15-17-29)19-22-20-33-26(27-22)21-9-4-3-5-10-21/h3-7,9-12,20H,2,8,13-19H2,1H3. The minimum atomic E-state index is 0.205. The zero-order chi connectivity index (χ0) is 22.9. The highest BCUT2D eigenvalue weighted by Gasteiger charge is 2.21. The average Bonchev–Trinajstić information content (AvgIpc) is 3.32. The van der Waals surface area contributed by atoms with Crippen molar-refractivity contribution in [1.29, 1.82) is 0 Å². The first-order valence-corrected chi connectivity index (χ1v) is 12.5. The third-order valence-electron chi connectivity index (χ3n) is 5.62. The van der Waals surface area contributed by atoms with Gasteiger partial charge in [-0.25, -0.2) is 4.98 Å². The molecule has 0 aliphatic carbocycles. The molecule has 1 aliphatic heterocycles. The molecule has 2 heterocycles. The fourth-order valence-electron chi connectivity index (χ4n) is 3.89. The molecule has 6 nitrogen and oxygen atoms in total. The Morgan fingerprint density at radius 3 is 2.39 bits per heavy atom. The first kappa shape index (κ1) is 23.3. The van der Waals surface area contributed by atoms with Crippen LogP contribution in [-0.4, -0.2) is 60.1 Å². The molecule has 3 aromatic rings. The van der Waals surface area contributed by atoms with Crippen LogP contribution in [0, 0.1) is 0 Å². The zero-order valence-corrected chi connectivity index (χ0v) is 19.9. The van der Waals surface area contributed by atoms with Gasteiger partial charge in [0.1, 0.15) is 5.01 Å². The van der Waals surface area contributed by atoms with Gasteiger partial charge >= 0.3 is 0 Å². The lowest BCUT2D eigenvalue weighted by Crippen LogP contribution is -2.48. The molecular formula is C26H31N3O3S. The van der Waals surface area contributed by atoms with Gasteiger partial charge in [-0.15, -0.1) is 11.3 Å². The summed E-state index contributed by atoms with van der Waals surface area (Å²) in [6.07, 6.45) is 1.20. The maximum atomic E-state index is 12.6. The Bertz CT molecular complexity index is 1020. The molecule has 0 unspecified atom stereocenters. The highest BCUT2D eigenvalue weighted by molar-refractivity contribution is 7.13. The summed E-state index contributed by atoms with van der Waals surface area (Å²) in [6.45, 7) is 7.17. The summed E-state index contributed by atoms with van der Waals surface area (Å²) >= 11 is 1.69. The number of para-hydroxylation sites is 2. The van der Waals surface area contributed by atoms with Gasteiger partial charge in [0.05, 0.1) is 18.9 Å². The predicted octanol–water partition coefficient (Wildman–Crippen LogP) is 4.71. The van der Waals surface area contributed by atoms with Crippen molar-refractivity contribution in [3.8, 4) is 22.1 Å². The number of thiazole rings is 1. The van der Waals surface area contributed by atoms with E-state index in [-0.39, 0.29) is 5.91 Å². The highest BCUT2D eigenvalue weighted by Crippen LogP contribution is 2.27. The molecule has 7 heteroatoms. The number of amides is 1. The van der Waals surface area contributed by atoms with E-state index in [0.29, 0.717) is 26.1 Å². The molecule has 0 atom stereocenters. The van der Waals surface area contributed by atoms with Gasteiger partial charge in [0.25, 0.3) is 0 Å². The van der Waals surface area contributed by atoms with Crippen molar-refractivity contribution in [2.45, 2.75) is 26.3 Å². The SMILES string of the molecule is CCOc1ccccc1OCCCC(=O)N1CCN(Cc2csc(-c3ccccc3)n2)CC1. The van der Waals surface area contributed by atoms with Crippen LogP contribution in [0.1, 0.15) is 25.5 Å². The predicted molar refractivity (Wildman–Crippen MR) is 132 cm³/mol. The van der Waals surface area contributed by atoms with Gasteiger partial charge in [-0.2, -0.15) is 0 Å². The van der Waals surface area contributed by atoms with Crippen LogP contribution in [0.4, 0.5) is 0 Å². The molecule has 1 aliphatic rings. The largest absolute Gasteiger partial charge is 0.490 e. The zero-order valence-electron chi connectivity index (χ0n) is 19.1. The van der Waals surface area contributed by atoms with Crippen LogP contribution in [0.15, 0.2) is 60.0 Å². The molecule has 0 spiro atoms. The van der Waals surface area contributed by atoms with Gasteiger partial charge < -0.3 is 14.4 Å². The lowest BCUT2D eigenvalue weighted by Gasteiger charge is -2.34. The second-order valence-corrected chi connectivity index (χ2v) is 8.86. The Morgan fingerprint density at radius 1 is 0.970 bits per heavy atom. The van der Waals surface area contributed by atoms with Gasteiger partial charge in [0.2, 0.25) is 5.91 Å². The molecule has 1 fully saturated rings. The van der Waals surface area contributed by atoms with Crippen LogP contribution in [0.2, 0.25) is 0 Å². The molecule has 4 rings (SSSR count). The number of hydrogen-bond donors (Lipinski definition) is 0. The number of aromatic nitrogens is 1. The molecule has 1 saturated heterocycles. The summed E-state index contributed by atoms with van der Waals surface area (Å²) in [5, 5.41) is 3.20. The quantitative estimate of drug-likeness (QED) is 0.406. The molecule has 33 heavy (non-hydrogen) atoms. The van der Waals surface area contributed by atoms with E-state index >= 15 is 0 Å². The van der Waals surface area contributed by atoms with E-state index < -0.39 is 0 Å². The van der Waals surface area contributed by atoms with Crippen LogP contribution in [-0.2, 0) is 11.3 Å². The van der Waals surface area contributed by atoms with Crippen molar-refractivity contribution in [1.82, 2.24) is 14.8 Å². The van der Waals surface area contributed by atoms with E-state index in [1.807, 2.05) is 54.3 Å². The minimum Gasteiger partial charge on any atom is -0.490 e. The normalized spacial score (nSPS) is 14.3. The number of carbonyl (C=O) groups is 1. The lowest BCUT2D eigenvalue weighted by molar-refractivity contribution is -0.133. The third kappa shape index (κ3) is 6.55. The second-order valence-electron chi connectivity index (χ2n) is 8.00. The van der Waals surface area contributed by atoms with Crippen molar-refractivity contribution in [2.24, 2.45) is 0 Å². The molecule has 2 aromatic carbocycles. The van der Waals surface area contributed by atoms with E-state index in [4.69, 9.17) is 14.5 Å². The van der Waals surface area contributed by atoms with Crippen molar-refractivity contribution < 1.29 is 14.3 Å². The lowest BCUT2D eigenvalue weighted by atomic mass is 10.2. The van der Waals surface area contributed by atoms with E-state index in [2.05, 4.69) is 22.4 Å². The number of ether oxygens (including phenoxy) is 2. The Labute approximate surface area is 199 Å². The summed E-state index contributed by atoms with van der Waals surface area (Å²) in [5.41, 5.74) is 2.26. The number of piperazine rings is 1. The monoisotopic (exact) mass is 465 g/mol. The summed E-state index contributed by atoms with van der Waals surface area (Å²) in [5.74, 6) is 1.69. The van der Waals surface area contributed by atoms with Crippen molar-refractivity contribution in [3.05, 3.63) is 65.7 Å². The molecule has 1 amide bonds. The van der Waals surface area contributed by atoms with Gasteiger partial charge in [-0.05, 0) is 25.5 Å². The number of rotatable bonds is 10. The second kappa shape index (κ2) is 11.8. The maximum Gasteiger partial charge on any atom is 0.222 e. The molecule has 174 valence electrons. The Balaban J connectivity index is 1.16. The Hall–Kier alpha value is -2.90. The van der Waals surface area contributed by atoms with Gasteiger partial charge in [-0.3, -0.25) is 9.69 Å². The first-order chi connectivity index (χ1) is 16.2. The van der Waals surface area contributed by atoms with Crippen LogP contribution < -0.4 is 9.47 Å². The average molecular weight is 466 g/mol.